The van der Waals surface area contributed by atoms with Gasteiger partial charge in [0, 0.05) is 23.9 Å². The van der Waals surface area contributed by atoms with Gasteiger partial charge in [0.05, 0.1) is 58.4 Å². The number of hydrogen-bond donors (Lipinski definition) is 2. The van der Waals surface area contributed by atoms with Crippen LogP contribution < -0.4 is 20.9 Å². The summed E-state index contributed by atoms with van der Waals surface area (Å²) in [5.74, 6) is -3.91. The fourth-order valence-electron chi connectivity index (χ4n) is 7.01. The molecule has 0 heterocycles. The Morgan fingerprint density at radius 1 is 0.615 bits per heavy atom. The molecule has 3 amide bonds. The van der Waals surface area contributed by atoms with Crippen LogP contribution in [0.3, 0.4) is 0 Å². The van der Waals surface area contributed by atoms with Crippen LogP contribution in [0.15, 0.2) is 154 Å². The van der Waals surface area contributed by atoms with Crippen LogP contribution in [-0.2, 0) is 37.0 Å². The Hall–Kier alpha value is -8.79. The molecule has 0 aromatic heterocycles. The van der Waals surface area contributed by atoms with E-state index in [0.29, 0.717) is 23.8 Å². The van der Waals surface area contributed by atoms with Crippen LogP contribution in [0.1, 0.15) is 37.4 Å². The third-order valence-corrected chi connectivity index (χ3v) is 14.7. The lowest BCUT2D eigenvalue weighted by Gasteiger charge is -2.20. The van der Waals surface area contributed by atoms with Gasteiger partial charge in [-0.15, -0.1) is 4.31 Å². The molecule has 29 heteroatoms. The van der Waals surface area contributed by atoms with Gasteiger partial charge >= 0.3 is 18.4 Å². The van der Waals surface area contributed by atoms with Crippen molar-refractivity contribution in [3.8, 4) is 34.1 Å². The van der Waals surface area contributed by atoms with Crippen LogP contribution in [0.2, 0.25) is 10.0 Å². The van der Waals surface area contributed by atoms with E-state index in [0.717, 1.165) is 61.7 Å². The van der Waals surface area contributed by atoms with Crippen molar-refractivity contribution in [2.45, 2.75) is 34.0 Å². The number of alkyl halides is 6. The van der Waals surface area contributed by atoms with Gasteiger partial charge in [-0.25, -0.2) is 21.6 Å². The summed E-state index contributed by atoms with van der Waals surface area (Å²) in [6.45, 7) is 1.52. The van der Waals surface area contributed by atoms with Crippen LogP contribution in [0, 0.1) is 27.2 Å². The number of carbonyl (C=O) groups excluding carboxylic acids is 3. The molecule has 4 N–H and O–H groups in total. The van der Waals surface area contributed by atoms with Crippen molar-refractivity contribution in [1.82, 2.24) is 4.31 Å². The van der Waals surface area contributed by atoms with Gasteiger partial charge in [-0.2, -0.15) is 26.3 Å². The molecule has 0 spiro atoms. The first kappa shape index (κ1) is 58.5. The average Bonchev–Trinajstić information content (AvgIpc) is 3.37. The Morgan fingerprint density at radius 2 is 1.14 bits per heavy atom. The van der Waals surface area contributed by atoms with Gasteiger partial charge in [0.1, 0.15) is 34.1 Å². The van der Waals surface area contributed by atoms with Gasteiger partial charge in [-0.05, 0) is 115 Å². The molecule has 406 valence electrons. The minimum absolute atomic E-state index is 0.0490. The summed E-state index contributed by atoms with van der Waals surface area (Å²) >= 11 is 11.8. The van der Waals surface area contributed by atoms with Crippen molar-refractivity contribution in [1.29, 1.82) is 0 Å². The van der Waals surface area contributed by atoms with Crippen molar-refractivity contribution < 1.29 is 81.6 Å². The van der Waals surface area contributed by atoms with E-state index in [4.69, 9.17) is 44.1 Å². The number of hydrogen-bond acceptors (Lipinski definition) is 15. The molecule has 0 aliphatic heterocycles. The fourth-order valence-corrected chi connectivity index (χ4v) is 10.1. The van der Waals surface area contributed by atoms with E-state index in [2.05, 4.69) is 4.74 Å². The lowest BCUT2D eigenvalue weighted by Crippen LogP contribution is -2.42. The zero-order valence-corrected chi connectivity index (χ0v) is 42.5. The Kier molecular flexibility index (Phi) is 17.1. The minimum atomic E-state index is -4.95. The Morgan fingerprint density at radius 3 is 1.62 bits per heavy atom. The normalized spacial score (nSPS) is 11.6. The van der Waals surface area contributed by atoms with Gasteiger partial charge in [-0.1, -0.05) is 47.5 Å². The number of anilines is 1. The van der Waals surface area contributed by atoms with Crippen molar-refractivity contribution >= 4 is 78.0 Å². The number of sulfone groups is 1. The Balaban J connectivity index is 0.000000253. The number of primary amides is 1. The minimum Gasteiger partial charge on any atom is -0.456 e. The molecule has 0 atom stereocenters. The number of rotatable bonds is 13. The Bertz CT molecular complexity index is 3780. The second-order valence-electron chi connectivity index (χ2n) is 15.8. The zero-order valence-electron chi connectivity index (χ0n) is 39.3. The number of amides is 3. The molecule has 0 unspecified atom stereocenters. The number of aryl methyl sites for hydroxylation is 1. The molecule has 0 aliphatic rings. The van der Waals surface area contributed by atoms with Gasteiger partial charge in [-0.3, -0.25) is 29.8 Å². The molecular weight excluding hydrogens is 1130 g/mol. The number of ether oxygens (including phenoxy) is 3. The summed E-state index contributed by atoms with van der Waals surface area (Å²) < 4.78 is 145. The zero-order chi connectivity index (χ0) is 57.8. The number of nitrogens with two attached hydrogens (primary N) is 2. The van der Waals surface area contributed by atoms with Crippen LogP contribution >= 0.6 is 23.2 Å². The highest BCUT2D eigenvalue weighted by Gasteiger charge is 2.40. The molecule has 0 saturated heterocycles. The molecule has 0 saturated carbocycles. The molecule has 7 rings (SSSR count). The number of benzene rings is 7. The third kappa shape index (κ3) is 12.9. The molecular formula is C49H33Cl2F6N5O14S2. The molecule has 7 aromatic rings. The van der Waals surface area contributed by atoms with Crippen molar-refractivity contribution in [3.63, 3.8) is 0 Å². The highest BCUT2D eigenvalue weighted by Crippen LogP contribution is 2.43. The standard InChI is InChI=1S/C27H18ClF3N2O6S.C22H15ClF3N3O8S/c1-15-11-19(40(37,38)18-5-3-2-4-6-18)8-9-20(15)21-13-17(14-22(26(32)34)25(21)33(35)36)39-24-10-7-16(12-23(24)28)27(29,30)31;1-36-21(31)28(38(34,35)15-6-3-13(27)4-7-15)20(30)16-11-14(5-8-18(16)29(32)33)37-19-9-2-12(10-17(19)23)22(24,25)26/h2-14H,1H3,(H2,32,34);2-11H,27H2,1H3. The van der Waals surface area contributed by atoms with E-state index in [1.54, 1.807) is 18.2 Å². The number of nitro benzene ring substituents is 2. The quantitative estimate of drug-likeness (QED) is 0.0469. The van der Waals surface area contributed by atoms with Crippen molar-refractivity contribution in [3.05, 3.63) is 198 Å². The summed E-state index contributed by atoms with van der Waals surface area (Å²) in [5.41, 5.74) is 6.34. The lowest BCUT2D eigenvalue weighted by molar-refractivity contribution is -0.385. The van der Waals surface area contributed by atoms with E-state index >= 15 is 0 Å². The van der Waals surface area contributed by atoms with E-state index in [9.17, 15) is 77.8 Å². The average molecular weight is 1160 g/mol. The maximum absolute atomic E-state index is 13.3. The molecule has 78 heavy (non-hydrogen) atoms. The SMILES string of the molecule is COC(=O)N(C(=O)c1cc(Oc2ccc(C(F)(F)F)cc2Cl)ccc1[N+](=O)[O-])S(=O)(=O)c1ccc(N)cc1.Cc1cc(S(=O)(=O)c2ccccc2)ccc1-c1cc(Oc2ccc(C(F)(F)F)cc2Cl)cc(C(N)=O)c1[N+](=O)[O-]. The predicted octanol–water partition coefficient (Wildman–Crippen LogP) is 12.2. The lowest BCUT2D eigenvalue weighted by atomic mass is 9.96. The summed E-state index contributed by atoms with van der Waals surface area (Å²) in [6, 6.07) is 25.0. The van der Waals surface area contributed by atoms with Gasteiger partial charge in [0.25, 0.3) is 33.2 Å². The van der Waals surface area contributed by atoms with Gasteiger partial charge < -0.3 is 25.7 Å². The number of sulfonamides is 1. The van der Waals surface area contributed by atoms with Crippen molar-refractivity contribution in [2.75, 3.05) is 12.8 Å². The Labute approximate surface area is 446 Å². The summed E-state index contributed by atoms with van der Waals surface area (Å²) in [6.07, 6.45) is -11.0. The largest absolute Gasteiger partial charge is 0.456 e. The van der Waals surface area contributed by atoms with E-state index in [1.165, 1.54) is 55.5 Å². The number of nitro groups is 2. The summed E-state index contributed by atoms with van der Waals surface area (Å²) in [5, 5.41) is 22.7. The third-order valence-electron chi connectivity index (χ3n) is 10.7. The first-order chi connectivity index (χ1) is 36.4. The van der Waals surface area contributed by atoms with E-state index in [-0.39, 0.29) is 53.9 Å². The monoisotopic (exact) mass is 1160 g/mol. The van der Waals surface area contributed by atoms with Gasteiger partial charge in [0.2, 0.25) is 9.84 Å². The first-order valence-electron chi connectivity index (χ1n) is 21.3. The highest BCUT2D eigenvalue weighted by atomic mass is 35.5. The fraction of sp³-hybridized carbons (Fsp3) is 0.0816. The second-order valence-corrected chi connectivity index (χ2v) is 20.4. The number of nitrogens with zero attached hydrogens (tertiary/aromatic N) is 3. The maximum Gasteiger partial charge on any atom is 0.431 e. The molecule has 0 aliphatic carbocycles. The molecule has 0 fully saturated rings. The number of carbonyl (C=O) groups is 3. The smallest absolute Gasteiger partial charge is 0.431 e. The number of nitrogen functional groups attached to an aromatic ring is 1. The molecule has 19 nitrogen and oxygen atoms in total. The number of imide groups is 1. The van der Waals surface area contributed by atoms with Crippen LogP contribution in [-0.4, -0.2) is 56.0 Å². The molecule has 7 aromatic carbocycles. The van der Waals surface area contributed by atoms with E-state index < -0.39 is 109 Å². The number of methoxy groups -OCH3 is 1. The summed E-state index contributed by atoms with van der Waals surface area (Å²) in [4.78, 5) is 59.1. The summed E-state index contributed by atoms with van der Waals surface area (Å²) in [7, 11) is -8.08. The van der Waals surface area contributed by atoms with Crippen LogP contribution in [0.4, 0.5) is 48.2 Å². The van der Waals surface area contributed by atoms with E-state index in [1.807, 2.05) is 0 Å². The molecule has 0 radical (unpaired) electrons. The second kappa shape index (κ2) is 22.8. The predicted molar refractivity (Wildman–Crippen MR) is 266 cm³/mol. The topological polar surface area (TPSA) is 289 Å². The molecule has 0 bridgehead atoms. The van der Waals surface area contributed by atoms with Gasteiger partial charge in [0.15, 0.2) is 0 Å². The van der Waals surface area contributed by atoms with Crippen LogP contribution in [0.25, 0.3) is 11.1 Å². The highest BCUT2D eigenvalue weighted by molar-refractivity contribution is 7.91. The first-order valence-corrected chi connectivity index (χ1v) is 25.0. The number of halogens is 8. The van der Waals surface area contributed by atoms with Crippen molar-refractivity contribution in [2.24, 2.45) is 5.73 Å². The maximum atomic E-state index is 13.3. The van der Waals surface area contributed by atoms with Crippen LogP contribution in [0.5, 0.6) is 23.0 Å².